The Morgan fingerprint density at radius 2 is 2.33 bits per heavy atom. The largest absolute Gasteiger partial charge is 0.490 e. The van der Waals surface area contributed by atoms with Crippen LogP contribution in [0.25, 0.3) is 0 Å². The maximum absolute atomic E-state index is 12.0. The van der Waals surface area contributed by atoms with Crippen LogP contribution in [0.5, 0.6) is 0 Å². The summed E-state index contributed by atoms with van der Waals surface area (Å²) in [7, 11) is 0. The van der Waals surface area contributed by atoms with Gasteiger partial charge in [0.2, 0.25) is 6.33 Å². The van der Waals surface area contributed by atoms with Crippen molar-refractivity contribution in [2.75, 3.05) is 0 Å². The van der Waals surface area contributed by atoms with Crippen LogP contribution >= 0.6 is 22.9 Å². The van der Waals surface area contributed by atoms with Gasteiger partial charge < -0.3 is 10.1 Å². The van der Waals surface area contributed by atoms with Gasteiger partial charge in [0, 0.05) is 5.10 Å². The molecule has 0 aliphatic carbocycles. The lowest BCUT2D eigenvalue weighted by atomic mass is 10.2. The molecular weight excluding hydrogens is 280 g/mol. The molecule has 2 aromatic heterocycles. The lowest BCUT2D eigenvalue weighted by Gasteiger charge is -2.04. The van der Waals surface area contributed by atoms with Crippen molar-refractivity contribution in [3.63, 3.8) is 0 Å². The molecule has 0 fully saturated rings. The number of hydrogen-bond acceptors (Lipinski definition) is 6. The third-order valence-corrected chi connectivity index (χ3v) is 3.50. The van der Waals surface area contributed by atoms with Crippen LogP contribution in [0.15, 0.2) is 18.5 Å². The number of nitro groups is 1. The Kier molecular flexibility index (Phi) is 3.39. The molecule has 2 rings (SSSR count). The van der Waals surface area contributed by atoms with Gasteiger partial charge >= 0.3 is 5.95 Å². The topological polar surface area (TPSA) is 90.9 Å². The van der Waals surface area contributed by atoms with E-state index in [0.717, 1.165) is 22.3 Å². The second kappa shape index (κ2) is 4.83. The highest BCUT2D eigenvalue weighted by atomic mass is 35.5. The monoisotopic (exact) mass is 286 g/mol. The lowest BCUT2D eigenvalue weighted by molar-refractivity contribution is -0.394. The van der Waals surface area contributed by atoms with Gasteiger partial charge in [0.05, 0.1) is 9.21 Å². The van der Waals surface area contributed by atoms with E-state index in [4.69, 9.17) is 11.6 Å². The van der Waals surface area contributed by atoms with Gasteiger partial charge in [-0.05, 0) is 24.0 Å². The predicted octanol–water partition coefficient (Wildman–Crippen LogP) is 2.35. The van der Waals surface area contributed by atoms with Crippen molar-refractivity contribution in [1.29, 1.82) is 0 Å². The zero-order chi connectivity index (χ0) is 13.3. The number of thiophene rings is 1. The second-order valence-electron chi connectivity index (χ2n) is 3.43. The summed E-state index contributed by atoms with van der Waals surface area (Å²) in [6.45, 7) is 1.59. The van der Waals surface area contributed by atoms with Crippen LogP contribution in [0.3, 0.4) is 0 Å². The van der Waals surface area contributed by atoms with Gasteiger partial charge in [-0.3, -0.25) is 4.79 Å². The normalized spacial score (nSPS) is 12.3. The Bertz CT molecular complexity index is 608. The minimum Gasteiger partial charge on any atom is -0.390 e. The molecule has 0 aliphatic heterocycles. The molecule has 2 heterocycles. The molecule has 94 valence electrons. The Morgan fingerprint density at radius 3 is 2.83 bits per heavy atom. The molecule has 0 spiro atoms. The quantitative estimate of drug-likeness (QED) is 0.489. The molecular formula is C9H7ClN4O3S. The summed E-state index contributed by atoms with van der Waals surface area (Å²) >= 11 is 6.90. The van der Waals surface area contributed by atoms with Gasteiger partial charge in [-0.1, -0.05) is 16.6 Å². The van der Waals surface area contributed by atoms with Gasteiger partial charge in [0.15, 0.2) is 5.78 Å². The maximum atomic E-state index is 12.0. The highest BCUT2D eigenvalue weighted by Crippen LogP contribution is 2.25. The fourth-order valence-corrected chi connectivity index (χ4v) is 2.37. The third kappa shape index (κ3) is 2.39. The van der Waals surface area contributed by atoms with Crippen molar-refractivity contribution in [2.24, 2.45) is 0 Å². The highest BCUT2D eigenvalue weighted by Gasteiger charge is 2.24. The Hall–Kier alpha value is -1.80. The van der Waals surface area contributed by atoms with Crippen molar-refractivity contribution in [3.8, 4) is 0 Å². The van der Waals surface area contributed by atoms with Gasteiger partial charge in [-0.25, -0.2) is 0 Å². The minimum atomic E-state index is -0.713. The van der Waals surface area contributed by atoms with Crippen LogP contribution in [0.1, 0.15) is 22.6 Å². The Balaban J connectivity index is 2.22. The van der Waals surface area contributed by atoms with Crippen molar-refractivity contribution in [3.05, 3.63) is 37.8 Å². The molecule has 0 N–H and O–H groups in total. The summed E-state index contributed by atoms with van der Waals surface area (Å²) in [5.41, 5.74) is 0. The Labute approximate surface area is 110 Å². The van der Waals surface area contributed by atoms with E-state index in [1.54, 1.807) is 19.1 Å². The van der Waals surface area contributed by atoms with E-state index in [9.17, 15) is 14.9 Å². The van der Waals surface area contributed by atoms with Gasteiger partial charge in [-0.15, -0.1) is 11.3 Å². The smallest absolute Gasteiger partial charge is 0.390 e. The fraction of sp³-hybridized carbons (Fsp3) is 0.222. The van der Waals surface area contributed by atoms with Gasteiger partial charge in [0.1, 0.15) is 6.04 Å². The van der Waals surface area contributed by atoms with E-state index < -0.39 is 16.9 Å². The first kappa shape index (κ1) is 12.7. The molecule has 0 saturated heterocycles. The summed E-state index contributed by atoms with van der Waals surface area (Å²) in [5, 5.41) is 14.1. The minimum absolute atomic E-state index is 0.216. The summed E-state index contributed by atoms with van der Waals surface area (Å²) < 4.78 is 1.67. The maximum Gasteiger partial charge on any atom is 0.490 e. The van der Waals surface area contributed by atoms with Gasteiger partial charge in [-0.2, -0.15) is 4.68 Å². The molecule has 0 amide bonds. The molecule has 1 atom stereocenters. The molecule has 9 heteroatoms. The van der Waals surface area contributed by atoms with Crippen LogP contribution in [-0.4, -0.2) is 25.5 Å². The van der Waals surface area contributed by atoms with Crippen molar-refractivity contribution in [2.45, 2.75) is 13.0 Å². The first-order valence-corrected chi connectivity index (χ1v) is 6.03. The van der Waals surface area contributed by atoms with Gasteiger partial charge in [0.25, 0.3) is 0 Å². The number of rotatable bonds is 4. The standard InChI is InChI=1S/C9H7ClN4O3S/c1-5(8(15)6-2-3-7(10)18-6)13-4-11-9(12-13)14(16)17/h2-5H,1H3. The number of halogens is 1. The first-order valence-electron chi connectivity index (χ1n) is 4.84. The fourth-order valence-electron chi connectivity index (χ4n) is 1.31. The molecule has 0 aromatic carbocycles. The molecule has 1 unspecified atom stereocenters. The SMILES string of the molecule is CC(C(=O)c1ccc(Cl)s1)n1cnc([N+](=O)[O-])n1. The molecule has 0 aliphatic rings. The van der Waals surface area contributed by atoms with E-state index >= 15 is 0 Å². The number of nitrogens with zero attached hydrogens (tertiary/aromatic N) is 4. The van der Waals surface area contributed by atoms with Crippen molar-refractivity contribution >= 4 is 34.7 Å². The summed E-state index contributed by atoms with van der Waals surface area (Å²) in [6, 6.07) is 2.56. The van der Waals surface area contributed by atoms with E-state index in [-0.39, 0.29) is 5.78 Å². The summed E-state index contributed by atoms with van der Waals surface area (Å²) in [6.07, 6.45) is 1.16. The number of aromatic nitrogens is 3. The summed E-state index contributed by atoms with van der Waals surface area (Å²) in [4.78, 5) is 25.7. The molecule has 0 radical (unpaired) electrons. The molecule has 2 aromatic rings. The zero-order valence-corrected chi connectivity index (χ0v) is 10.7. The summed E-state index contributed by atoms with van der Waals surface area (Å²) in [5.74, 6) is -0.745. The molecule has 7 nitrogen and oxygen atoms in total. The average Bonchev–Trinajstić information content (AvgIpc) is 2.95. The third-order valence-electron chi connectivity index (χ3n) is 2.25. The lowest BCUT2D eigenvalue weighted by Crippen LogP contribution is -2.16. The van der Waals surface area contributed by atoms with E-state index in [1.807, 2.05) is 0 Å². The van der Waals surface area contributed by atoms with Crippen LogP contribution in [0.4, 0.5) is 5.95 Å². The first-order chi connectivity index (χ1) is 8.49. The van der Waals surface area contributed by atoms with Crippen molar-refractivity contribution in [1.82, 2.24) is 14.8 Å². The van der Waals surface area contributed by atoms with Crippen LogP contribution < -0.4 is 0 Å². The highest BCUT2D eigenvalue weighted by molar-refractivity contribution is 7.18. The number of carbonyl (C=O) groups is 1. The number of ketones is 1. The molecule has 18 heavy (non-hydrogen) atoms. The van der Waals surface area contributed by atoms with Crippen molar-refractivity contribution < 1.29 is 9.72 Å². The predicted molar refractivity (Wildman–Crippen MR) is 65.0 cm³/mol. The van der Waals surface area contributed by atoms with Crippen LogP contribution in [0.2, 0.25) is 4.34 Å². The number of hydrogen-bond donors (Lipinski definition) is 0. The second-order valence-corrected chi connectivity index (χ2v) is 5.14. The Morgan fingerprint density at radius 1 is 1.61 bits per heavy atom. The van der Waals surface area contributed by atoms with Crippen LogP contribution in [0, 0.1) is 10.1 Å². The number of Topliss-reactive ketones (excluding diaryl/α,β-unsaturated/α-hetero) is 1. The van der Waals surface area contributed by atoms with Crippen LogP contribution in [-0.2, 0) is 0 Å². The average molecular weight is 287 g/mol. The van der Waals surface area contributed by atoms with E-state index in [1.165, 1.54) is 0 Å². The zero-order valence-electron chi connectivity index (χ0n) is 9.11. The van der Waals surface area contributed by atoms with E-state index in [0.29, 0.717) is 9.21 Å². The number of carbonyl (C=O) groups excluding carboxylic acids is 1. The molecule has 0 bridgehead atoms. The molecule has 0 saturated carbocycles. The van der Waals surface area contributed by atoms with E-state index in [2.05, 4.69) is 10.1 Å².